The molecule has 6 nitrogen and oxygen atoms in total. The van der Waals surface area contributed by atoms with Gasteiger partial charge in [0.25, 0.3) is 0 Å². The van der Waals surface area contributed by atoms with Crippen molar-refractivity contribution in [3.8, 4) is 0 Å². The minimum atomic E-state index is -0.821. The Bertz CT molecular complexity index is 970. The van der Waals surface area contributed by atoms with Crippen molar-refractivity contribution < 1.29 is 18.7 Å². The molecule has 0 saturated heterocycles. The highest BCUT2D eigenvalue weighted by Gasteiger charge is 2.23. The Labute approximate surface area is 162 Å². The van der Waals surface area contributed by atoms with Crippen LogP contribution in [0, 0.1) is 5.82 Å². The number of para-hydroxylation sites is 1. The molecule has 2 aromatic carbocycles. The maximum Gasteiger partial charge on any atom is 0.328 e. The number of amides is 2. The molecule has 7 heteroatoms. The Morgan fingerprint density at radius 2 is 2.00 bits per heavy atom. The zero-order valence-electron chi connectivity index (χ0n) is 15.5. The summed E-state index contributed by atoms with van der Waals surface area (Å²) in [5.74, 6) is -0.836. The lowest BCUT2D eigenvalue weighted by Crippen LogP contribution is -2.48. The van der Waals surface area contributed by atoms with Gasteiger partial charge in [-0.15, -0.1) is 0 Å². The maximum absolute atomic E-state index is 13.2. The van der Waals surface area contributed by atoms with Crippen molar-refractivity contribution in [1.29, 1.82) is 0 Å². The van der Waals surface area contributed by atoms with Crippen LogP contribution in [0.4, 0.5) is 9.18 Å². The van der Waals surface area contributed by atoms with Gasteiger partial charge in [0.05, 0.1) is 7.11 Å². The molecule has 3 rings (SSSR count). The van der Waals surface area contributed by atoms with Gasteiger partial charge in [-0.2, -0.15) is 0 Å². The van der Waals surface area contributed by atoms with Gasteiger partial charge in [-0.25, -0.2) is 14.0 Å². The summed E-state index contributed by atoms with van der Waals surface area (Å²) < 4.78 is 18.0. The molecule has 0 aliphatic rings. The summed E-state index contributed by atoms with van der Waals surface area (Å²) in [5, 5.41) is 6.34. The van der Waals surface area contributed by atoms with Crippen molar-refractivity contribution in [3.63, 3.8) is 0 Å². The van der Waals surface area contributed by atoms with Crippen molar-refractivity contribution in [2.45, 2.75) is 18.9 Å². The molecule has 0 aliphatic heterocycles. The van der Waals surface area contributed by atoms with Crippen LogP contribution in [0.25, 0.3) is 10.9 Å². The van der Waals surface area contributed by atoms with Gasteiger partial charge < -0.3 is 20.4 Å². The molecule has 0 fully saturated rings. The zero-order chi connectivity index (χ0) is 19.9. The van der Waals surface area contributed by atoms with Crippen LogP contribution in [0.1, 0.15) is 11.1 Å². The van der Waals surface area contributed by atoms with E-state index < -0.39 is 18.0 Å². The van der Waals surface area contributed by atoms with Crippen molar-refractivity contribution in [2.75, 3.05) is 13.7 Å². The van der Waals surface area contributed by atoms with Gasteiger partial charge in [0, 0.05) is 30.1 Å². The molecule has 0 bridgehead atoms. The lowest BCUT2D eigenvalue weighted by molar-refractivity contribution is -0.142. The fourth-order valence-electron chi connectivity index (χ4n) is 3.08. The number of carbonyl (C=O) groups excluding carboxylic acids is 2. The molecule has 3 N–H and O–H groups in total. The van der Waals surface area contributed by atoms with Gasteiger partial charge in [-0.3, -0.25) is 0 Å². The summed E-state index contributed by atoms with van der Waals surface area (Å²) in [5.41, 5.74) is 2.65. The Morgan fingerprint density at radius 3 is 2.79 bits per heavy atom. The molecule has 146 valence electrons. The molecule has 0 spiro atoms. The van der Waals surface area contributed by atoms with E-state index in [9.17, 15) is 14.0 Å². The Hall–Kier alpha value is -3.35. The first-order chi connectivity index (χ1) is 13.6. The molecule has 1 atom stereocenters. The van der Waals surface area contributed by atoms with E-state index in [4.69, 9.17) is 4.74 Å². The number of hydrogen-bond donors (Lipinski definition) is 3. The molecule has 1 heterocycles. The number of fused-ring (bicyclic) bond motifs is 1. The van der Waals surface area contributed by atoms with Gasteiger partial charge in [0.15, 0.2) is 0 Å². The zero-order valence-corrected chi connectivity index (χ0v) is 15.5. The van der Waals surface area contributed by atoms with Crippen LogP contribution in [-0.4, -0.2) is 36.7 Å². The quantitative estimate of drug-likeness (QED) is 0.549. The second kappa shape index (κ2) is 9.03. The summed E-state index contributed by atoms with van der Waals surface area (Å²) in [6.07, 6.45) is 2.61. The second-order valence-electron chi connectivity index (χ2n) is 6.42. The monoisotopic (exact) mass is 383 g/mol. The number of nitrogens with one attached hydrogen (secondary N) is 3. The largest absolute Gasteiger partial charge is 0.467 e. The lowest BCUT2D eigenvalue weighted by Gasteiger charge is -2.17. The molecular formula is C21H22FN3O3. The molecule has 2 amide bonds. The predicted octanol–water partition coefficient (Wildman–Crippen LogP) is 2.93. The van der Waals surface area contributed by atoms with E-state index in [0.717, 1.165) is 22.0 Å². The van der Waals surface area contributed by atoms with E-state index in [-0.39, 0.29) is 5.82 Å². The van der Waals surface area contributed by atoms with Crippen molar-refractivity contribution >= 4 is 22.9 Å². The number of methoxy groups -OCH3 is 1. The Kier molecular flexibility index (Phi) is 6.26. The molecule has 0 saturated carbocycles. The van der Waals surface area contributed by atoms with Gasteiger partial charge in [-0.05, 0) is 35.7 Å². The van der Waals surface area contributed by atoms with Crippen molar-refractivity contribution in [2.24, 2.45) is 0 Å². The van der Waals surface area contributed by atoms with E-state index >= 15 is 0 Å². The van der Waals surface area contributed by atoms with Crippen molar-refractivity contribution in [1.82, 2.24) is 15.6 Å². The van der Waals surface area contributed by atoms with Crippen LogP contribution in [0.5, 0.6) is 0 Å². The highest BCUT2D eigenvalue weighted by atomic mass is 19.1. The second-order valence-corrected chi connectivity index (χ2v) is 6.42. The molecule has 3 aromatic rings. The number of halogens is 1. The third kappa shape index (κ3) is 4.88. The van der Waals surface area contributed by atoms with Crippen LogP contribution in [0.2, 0.25) is 0 Å². The molecule has 0 unspecified atom stereocenters. The fourth-order valence-corrected chi connectivity index (χ4v) is 3.08. The third-order valence-corrected chi connectivity index (χ3v) is 4.48. The molecule has 0 aliphatic carbocycles. The Balaban J connectivity index is 1.59. The first-order valence-corrected chi connectivity index (χ1v) is 8.98. The standard InChI is InChI=1S/C21H22FN3O3/c1-28-20(26)19(12-15-13-24-18-8-3-2-7-17(15)18)25-21(27)23-10-9-14-5-4-6-16(22)11-14/h2-8,11,13,19,24H,9-10,12H2,1H3,(H2,23,25,27)/t19-/m1/s1. The summed E-state index contributed by atoms with van der Waals surface area (Å²) in [6, 6.07) is 12.6. The van der Waals surface area contributed by atoms with Gasteiger partial charge >= 0.3 is 12.0 Å². The number of H-pyrrole nitrogens is 1. The van der Waals surface area contributed by atoms with Crippen molar-refractivity contribution in [3.05, 3.63) is 71.7 Å². The number of benzene rings is 2. The first kappa shape index (κ1) is 19.4. The number of aromatic amines is 1. The molecular weight excluding hydrogens is 361 g/mol. The topological polar surface area (TPSA) is 83.2 Å². The number of hydrogen-bond acceptors (Lipinski definition) is 3. The smallest absolute Gasteiger partial charge is 0.328 e. The van der Waals surface area contributed by atoms with Gasteiger partial charge in [0.2, 0.25) is 0 Å². The minimum absolute atomic E-state index is 0.300. The summed E-state index contributed by atoms with van der Waals surface area (Å²) in [7, 11) is 1.29. The highest BCUT2D eigenvalue weighted by Crippen LogP contribution is 2.19. The van der Waals surface area contributed by atoms with Crippen LogP contribution in [0.3, 0.4) is 0 Å². The maximum atomic E-state index is 13.2. The van der Waals surface area contributed by atoms with Gasteiger partial charge in [0.1, 0.15) is 11.9 Å². The summed E-state index contributed by atoms with van der Waals surface area (Å²) >= 11 is 0. The van der Waals surface area contributed by atoms with E-state index in [1.165, 1.54) is 19.2 Å². The normalized spacial score (nSPS) is 11.8. The number of esters is 1. The molecule has 28 heavy (non-hydrogen) atoms. The highest BCUT2D eigenvalue weighted by molar-refractivity contribution is 5.86. The number of carbonyl (C=O) groups is 2. The number of urea groups is 1. The van der Waals surface area contributed by atoms with Crippen LogP contribution in [-0.2, 0) is 22.4 Å². The number of ether oxygens (including phenoxy) is 1. The van der Waals surface area contributed by atoms with E-state index in [1.807, 2.05) is 30.5 Å². The van der Waals surface area contributed by atoms with Gasteiger partial charge in [-0.1, -0.05) is 30.3 Å². The summed E-state index contributed by atoms with van der Waals surface area (Å²) in [6.45, 7) is 0.316. The summed E-state index contributed by atoms with van der Waals surface area (Å²) in [4.78, 5) is 27.5. The first-order valence-electron chi connectivity index (χ1n) is 8.98. The SMILES string of the molecule is COC(=O)[C@@H](Cc1c[nH]c2ccccc12)NC(=O)NCCc1cccc(F)c1. The average molecular weight is 383 g/mol. The molecule has 0 radical (unpaired) electrons. The van der Waals surface area contributed by atoms with E-state index in [1.54, 1.807) is 12.1 Å². The Morgan fingerprint density at radius 1 is 1.18 bits per heavy atom. The van der Waals surface area contributed by atoms with Crippen LogP contribution in [0.15, 0.2) is 54.7 Å². The minimum Gasteiger partial charge on any atom is -0.467 e. The number of aromatic nitrogens is 1. The van der Waals surface area contributed by atoms with Crippen LogP contribution < -0.4 is 10.6 Å². The fraction of sp³-hybridized carbons (Fsp3) is 0.238. The molecule has 1 aromatic heterocycles. The van der Waals surface area contributed by atoms with E-state index in [2.05, 4.69) is 15.6 Å². The average Bonchev–Trinajstić information content (AvgIpc) is 3.10. The lowest BCUT2D eigenvalue weighted by atomic mass is 10.1. The predicted molar refractivity (Wildman–Crippen MR) is 104 cm³/mol. The van der Waals surface area contributed by atoms with Crippen LogP contribution >= 0.6 is 0 Å². The number of rotatable bonds is 7. The third-order valence-electron chi connectivity index (χ3n) is 4.48. The van der Waals surface area contributed by atoms with E-state index in [0.29, 0.717) is 19.4 Å².